The van der Waals surface area contributed by atoms with Gasteiger partial charge in [-0.3, -0.25) is 0 Å². The van der Waals surface area contributed by atoms with Gasteiger partial charge >= 0.3 is 6.15 Å². The Bertz CT molecular complexity index is 471. The number of nitrogens with one attached hydrogen (secondary N) is 1. The lowest BCUT2D eigenvalue weighted by Gasteiger charge is -1.98. The Morgan fingerprint density at radius 1 is 1.18 bits per heavy atom. The van der Waals surface area contributed by atoms with Crippen LogP contribution in [0.1, 0.15) is 12.7 Å². The minimum atomic E-state index is -2.72. The fourth-order valence-corrected chi connectivity index (χ4v) is 0.958. The van der Waals surface area contributed by atoms with Crippen LogP contribution in [-0.4, -0.2) is 11.1 Å². The number of aryl methyl sites for hydroxylation is 2. The molecule has 0 saturated carbocycles. The van der Waals surface area contributed by atoms with Crippen LogP contribution in [0.25, 0.3) is 0 Å². The third-order valence-electron chi connectivity index (χ3n) is 2.09. The van der Waals surface area contributed by atoms with E-state index >= 15 is 0 Å². The van der Waals surface area contributed by atoms with E-state index in [0.29, 0.717) is 0 Å². The molecule has 0 bridgehead atoms. The predicted octanol–water partition coefficient (Wildman–Crippen LogP) is 0.317. The molecular formula is C10H11BN6. The first-order valence-corrected chi connectivity index (χ1v) is 4.93. The second kappa shape index (κ2) is 6.67. The molecule has 0 radical (unpaired) electrons. The van der Waals surface area contributed by atoms with Gasteiger partial charge in [-0.25, -0.2) is 30.6 Å². The fourth-order valence-electron chi connectivity index (χ4n) is 0.958. The average Bonchev–Trinajstić information content (AvgIpc) is 2.79. The molecule has 0 amide bonds. The van der Waals surface area contributed by atoms with E-state index in [1.807, 2.05) is 12.4 Å². The van der Waals surface area contributed by atoms with E-state index in [2.05, 4.69) is 23.4 Å². The lowest BCUT2D eigenvalue weighted by Crippen LogP contribution is -2.32. The smallest absolute Gasteiger partial charge is 0.248 e. The molecule has 0 aliphatic carbocycles. The number of aromatic nitrogens is 2. The zero-order valence-corrected chi connectivity index (χ0v) is 9.68. The van der Waals surface area contributed by atoms with Gasteiger partial charge in [0, 0.05) is 6.92 Å². The Hall–Kier alpha value is -2.77. The summed E-state index contributed by atoms with van der Waals surface area (Å²) in [5.74, 6) is 6.59. The molecule has 0 spiro atoms. The number of aromatic amines is 1. The average molecular weight is 226 g/mol. The van der Waals surface area contributed by atoms with Crippen LogP contribution in [0, 0.1) is 51.8 Å². The highest BCUT2D eigenvalue weighted by Gasteiger charge is 2.22. The molecule has 1 N–H and O–H groups in total. The Balaban J connectivity index is 0.000000302. The van der Waals surface area contributed by atoms with Crippen LogP contribution in [0.5, 0.6) is 0 Å². The Morgan fingerprint density at radius 3 is 1.76 bits per heavy atom. The Kier molecular flexibility index (Phi) is 5.58. The van der Waals surface area contributed by atoms with E-state index in [-0.39, 0.29) is 0 Å². The maximum atomic E-state index is 8.09. The van der Waals surface area contributed by atoms with Gasteiger partial charge in [-0.05, 0) is 6.92 Å². The quantitative estimate of drug-likeness (QED) is 0.548. The number of hydrogen-bond donors (Lipinski definition) is 1. The molecule has 0 saturated heterocycles. The van der Waals surface area contributed by atoms with Gasteiger partial charge in [0.1, 0.15) is 12.4 Å². The summed E-state index contributed by atoms with van der Waals surface area (Å²) < 4.78 is 2.15. The highest BCUT2D eigenvalue weighted by Crippen LogP contribution is 1.92. The zero-order valence-electron chi connectivity index (χ0n) is 9.68. The van der Waals surface area contributed by atoms with Gasteiger partial charge in [0.05, 0.1) is 6.54 Å². The lowest BCUT2D eigenvalue weighted by atomic mass is 9.30. The van der Waals surface area contributed by atoms with Crippen molar-refractivity contribution in [1.82, 2.24) is 4.98 Å². The SMILES string of the molecule is CC[n+]1cc[nH]c1C.N#C[B-](C#N)(C#N)C#N. The van der Waals surface area contributed by atoms with Crippen LogP contribution in [0.4, 0.5) is 0 Å². The van der Waals surface area contributed by atoms with Gasteiger partial charge in [-0.1, -0.05) is 0 Å². The number of rotatable bonds is 1. The van der Waals surface area contributed by atoms with Crippen molar-refractivity contribution < 1.29 is 4.57 Å². The monoisotopic (exact) mass is 226 g/mol. The van der Waals surface area contributed by atoms with Gasteiger partial charge in [-0.15, -0.1) is 23.9 Å². The van der Waals surface area contributed by atoms with Crippen molar-refractivity contribution in [2.75, 3.05) is 0 Å². The number of imidazole rings is 1. The standard InChI is InChI=1S/C6H10N2.C4BN4/c1-3-8-5-4-7-6(8)2;6-1-5(2-7,3-8)4-9/h4-5H,3H2,1-2H3;/q;-1/p+1. The van der Waals surface area contributed by atoms with E-state index in [4.69, 9.17) is 21.0 Å². The number of nitriles is 4. The summed E-state index contributed by atoms with van der Waals surface area (Å²) in [5.41, 5.74) is 0. The topological polar surface area (TPSA) is 115 Å². The first kappa shape index (κ1) is 14.2. The lowest BCUT2D eigenvalue weighted by molar-refractivity contribution is -0.698. The maximum Gasteiger partial charge on any atom is 0.383 e. The molecule has 0 aromatic carbocycles. The van der Waals surface area contributed by atoms with Crippen molar-refractivity contribution in [3.05, 3.63) is 18.2 Å². The van der Waals surface area contributed by atoms with Crippen molar-refractivity contribution in [3.8, 4) is 23.9 Å². The summed E-state index contributed by atoms with van der Waals surface area (Å²) in [4.78, 5) is 3.08. The molecule has 0 aliphatic heterocycles. The molecule has 0 atom stereocenters. The first-order valence-electron chi connectivity index (χ1n) is 4.93. The van der Waals surface area contributed by atoms with Crippen molar-refractivity contribution in [1.29, 1.82) is 21.0 Å². The molecule has 1 rings (SSSR count). The van der Waals surface area contributed by atoms with Gasteiger partial charge in [0.2, 0.25) is 0 Å². The van der Waals surface area contributed by atoms with Crippen LogP contribution in [-0.2, 0) is 6.54 Å². The van der Waals surface area contributed by atoms with Gasteiger partial charge < -0.3 is 0 Å². The highest BCUT2D eigenvalue weighted by atomic mass is 15.0. The zero-order chi connectivity index (χ0) is 13.3. The molecule has 84 valence electrons. The van der Waals surface area contributed by atoms with Crippen molar-refractivity contribution in [3.63, 3.8) is 0 Å². The first-order chi connectivity index (χ1) is 8.09. The summed E-state index contributed by atoms with van der Waals surface area (Å²) >= 11 is 0. The molecule has 0 aliphatic rings. The number of nitrogens with zero attached hydrogens (tertiary/aromatic N) is 5. The second-order valence-corrected chi connectivity index (χ2v) is 3.21. The molecule has 6 nitrogen and oxygen atoms in total. The van der Waals surface area contributed by atoms with Crippen LogP contribution >= 0.6 is 0 Å². The molecule has 1 aromatic heterocycles. The summed E-state index contributed by atoms with van der Waals surface area (Å²) in [7, 11) is 0. The molecule has 0 unspecified atom stereocenters. The van der Waals surface area contributed by atoms with Gasteiger partial charge in [0.15, 0.2) is 0 Å². The van der Waals surface area contributed by atoms with Crippen LogP contribution < -0.4 is 4.57 Å². The summed E-state index contributed by atoms with van der Waals surface area (Å²) in [6.45, 7) is 5.24. The van der Waals surface area contributed by atoms with Crippen molar-refractivity contribution >= 4 is 6.15 Å². The van der Waals surface area contributed by atoms with E-state index in [1.165, 1.54) is 29.7 Å². The predicted molar refractivity (Wildman–Crippen MR) is 59.6 cm³/mol. The minimum Gasteiger partial charge on any atom is -0.248 e. The summed E-state index contributed by atoms with van der Waals surface area (Å²) in [5, 5.41) is 32.3. The summed E-state index contributed by atoms with van der Waals surface area (Å²) in [6, 6.07) is 0. The fraction of sp³-hybridized carbons (Fsp3) is 0.300. The molecule has 0 fully saturated rings. The maximum absolute atomic E-state index is 8.09. The number of H-pyrrole nitrogens is 1. The third-order valence-corrected chi connectivity index (χ3v) is 2.09. The Labute approximate surface area is 99.9 Å². The minimum absolute atomic E-state index is 1.05. The molecule has 7 heteroatoms. The highest BCUT2D eigenvalue weighted by molar-refractivity contribution is 7.05. The molecule has 1 heterocycles. The number of hydrogen-bond acceptors (Lipinski definition) is 4. The van der Waals surface area contributed by atoms with E-state index in [0.717, 1.165) is 6.54 Å². The Morgan fingerprint density at radius 2 is 1.65 bits per heavy atom. The van der Waals surface area contributed by atoms with E-state index < -0.39 is 6.15 Å². The van der Waals surface area contributed by atoms with Crippen LogP contribution in [0.3, 0.4) is 0 Å². The summed E-state index contributed by atoms with van der Waals surface area (Å²) in [6.07, 6.45) is 1.26. The van der Waals surface area contributed by atoms with Crippen LogP contribution in [0.15, 0.2) is 12.4 Å². The van der Waals surface area contributed by atoms with E-state index in [9.17, 15) is 0 Å². The van der Waals surface area contributed by atoms with Crippen molar-refractivity contribution in [2.24, 2.45) is 0 Å². The van der Waals surface area contributed by atoms with Crippen molar-refractivity contribution in [2.45, 2.75) is 20.4 Å². The van der Waals surface area contributed by atoms with Gasteiger partial charge in [-0.2, -0.15) is 0 Å². The molecular weight excluding hydrogens is 215 g/mol. The molecule has 17 heavy (non-hydrogen) atoms. The van der Waals surface area contributed by atoms with Gasteiger partial charge in [0.25, 0.3) is 5.82 Å². The second-order valence-electron chi connectivity index (χ2n) is 3.21. The van der Waals surface area contributed by atoms with Crippen LogP contribution in [0.2, 0.25) is 0 Å². The molecule has 1 aromatic rings. The largest absolute Gasteiger partial charge is 0.383 e. The van der Waals surface area contributed by atoms with E-state index in [1.54, 1.807) is 0 Å². The third kappa shape index (κ3) is 3.70. The normalized spacial score (nSPS) is 8.59.